The SMILES string of the molecule is CN(CC(=O)O)C1CCCN(CCc2ccccc2)CC1.Cl. The molecule has 1 aromatic rings. The van der Waals surface area contributed by atoms with Crippen LogP contribution in [0.15, 0.2) is 30.3 Å². The van der Waals surface area contributed by atoms with Crippen LogP contribution in [0.4, 0.5) is 0 Å². The van der Waals surface area contributed by atoms with E-state index in [9.17, 15) is 4.79 Å². The van der Waals surface area contributed by atoms with Crippen molar-refractivity contribution < 1.29 is 9.90 Å². The first-order chi connectivity index (χ1) is 10.1. The summed E-state index contributed by atoms with van der Waals surface area (Å²) in [5, 5.41) is 8.90. The lowest BCUT2D eigenvalue weighted by atomic mass is 10.1. The summed E-state index contributed by atoms with van der Waals surface area (Å²) in [5.74, 6) is -0.734. The van der Waals surface area contributed by atoms with Crippen LogP contribution >= 0.6 is 12.4 Å². The molecule has 4 nitrogen and oxygen atoms in total. The highest BCUT2D eigenvalue weighted by atomic mass is 35.5. The van der Waals surface area contributed by atoms with Crippen LogP contribution in [0.2, 0.25) is 0 Å². The maximum atomic E-state index is 10.8. The van der Waals surface area contributed by atoms with Gasteiger partial charge in [0.15, 0.2) is 0 Å². The number of hydrogen-bond donors (Lipinski definition) is 1. The minimum absolute atomic E-state index is 0. The van der Waals surface area contributed by atoms with Gasteiger partial charge < -0.3 is 10.0 Å². The van der Waals surface area contributed by atoms with Gasteiger partial charge in [0, 0.05) is 12.6 Å². The summed E-state index contributed by atoms with van der Waals surface area (Å²) in [7, 11) is 1.93. The van der Waals surface area contributed by atoms with Gasteiger partial charge in [-0.05, 0) is 51.4 Å². The van der Waals surface area contributed by atoms with E-state index < -0.39 is 5.97 Å². The van der Waals surface area contributed by atoms with Crippen molar-refractivity contribution in [3.8, 4) is 0 Å². The summed E-state index contributed by atoms with van der Waals surface area (Å²) in [5.41, 5.74) is 1.39. The Kier molecular flexibility index (Phi) is 8.46. The van der Waals surface area contributed by atoms with Crippen LogP contribution in [0.5, 0.6) is 0 Å². The fraction of sp³-hybridized carbons (Fsp3) is 0.588. The Hall–Kier alpha value is -1.10. The Bertz CT molecular complexity index is 442. The zero-order chi connectivity index (χ0) is 15.1. The predicted molar refractivity (Wildman–Crippen MR) is 91.7 cm³/mol. The molecule has 124 valence electrons. The second kappa shape index (κ2) is 9.82. The highest BCUT2D eigenvalue weighted by Gasteiger charge is 2.21. The molecule has 1 aliphatic heterocycles. The van der Waals surface area contributed by atoms with Gasteiger partial charge in [0.05, 0.1) is 6.54 Å². The minimum atomic E-state index is -0.734. The average molecular weight is 327 g/mol. The number of likely N-dealkylation sites (tertiary alicyclic amines) is 1. The summed E-state index contributed by atoms with van der Waals surface area (Å²) in [6.45, 7) is 3.44. The van der Waals surface area contributed by atoms with Crippen molar-refractivity contribution in [1.29, 1.82) is 0 Å². The van der Waals surface area contributed by atoms with Crippen LogP contribution in [-0.2, 0) is 11.2 Å². The molecule has 0 spiro atoms. The van der Waals surface area contributed by atoms with E-state index in [-0.39, 0.29) is 19.0 Å². The van der Waals surface area contributed by atoms with Crippen molar-refractivity contribution >= 4 is 18.4 Å². The monoisotopic (exact) mass is 326 g/mol. The molecule has 1 atom stereocenters. The van der Waals surface area contributed by atoms with Gasteiger partial charge in [-0.1, -0.05) is 30.3 Å². The van der Waals surface area contributed by atoms with E-state index in [2.05, 4.69) is 35.2 Å². The molecule has 0 aromatic heterocycles. The fourth-order valence-electron chi connectivity index (χ4n) is 3.08. The first kappa shape index (κ1) is 18.9. The third kappa shape index (κ3) is 6.34. The second-order valence-corrected chi connectivity index (χ2v) is 5.97. The molecule has 5 heteroatoms. The maximum absolute atomic E-state index is 10.8. The number of carbonyl (C=O) groups is 1. The average Bonchev–Trinajstić information content (AvgIpc) is 2.71. The lowest BCUT2D eigenvalue weighted by Crippen LogP contribution is -2.36. The Balaban J connectivity index is 0.00000242. The molecule has 0 bridgehead atoms. The van der Waals surface area contributed by atoms with Crippen molar-refractivity contribution in [2.24, 2.45) is 0 Å². The number of hydrogen-bond acceptors (Lipinski definition) is 3. The van der Waals surface area contributed by atoms with Crippen LogP contribution in [0, 0.1) is 0 Å². The zero-order valence-electron chi connectivity index (χ0n) is 13.3. The van der Waals surface area contributed by atoms with Gasteiger partial charge in [-0.3, -0.25) is 9.69 Å². The highest BCUT2D eigenvalue weighted by molar-refractivity contribution is 5.85. The Morgan fingerprint density at radius 1 is 1.27 bits per heavy atom. The van der Waals surface area contributed by atoms with Crippen molar-refractivity contribution in [3.05, 3.63) is 35.9 Å². The normalized spacial score (nSPS) is 19.5. The largest absolute Gasteiger partial charge is 0.480 e. The number of carboxylic acids is 1. The molecular formula is C17H27ClN2O2. The summed E-state index contributed by atoms with van der Waals surface area (Å²) in [6.07, 6.45) is 4.42. The zero-order valence-corrected chi connectivity index (χ0v) is 14.1. The summed E-state index contributed by atoms with van der Waals surface area (Å²) >= 11 is 0. The van der Waals surface area contributed by atoms with Gasteiger partial charge in [0.1, 0.15) is 0 Å². The number of rotatable bonds is 6. The van der Waals surface area contributed by atoms with Gasteiger partial charge in [-0.2, -0.15) is 0 Å². The highest BCUT2D eigenvalue weighted by Crippen LogP contribution is 2.16. The Morgan fingerprint density at radius 3 is 2.68 bits per heavy atom. The number of nitrogens with zero attached hydrogens (tertiary/aromatic N) is 2. The summed E-state index contributed by atoms with van der Waals surface area (Å²) in [4.78, 5) is 15.3. The first-order valence-corrected chi connectivity index (χ1v) is 7.83. The Labute approximate surface area is 139 Å². The van der Waals surface area contributed by atoms with Crippen LogP contribution in [0.1, 0.15) is 24.8 Å². The summed E-state index contributed by atoms with van der Waals surface area (Å²) < 4.78 is 0. The number of aliphatic carboxylic acids is 1. The van der Waals surface area contributed by atoms with E-state index >= 15 is 0 Å². The number of carboxylic acid groups (broad SMARTS) is 1. The van der Waals surface area contributed by atoms with Crippen LogP contribution in [0.25, 0.3) is 0 Å². The van der Waals surface area contributed by atoms with E-state index in [0.29, 0.717) is 6.04 Å². The molecule has 22 heavy (non-hydrogen) atoms. The topological polar surface area (TPSA) is 43.8 Å². The van der Waals surface area contributed by atoms with E-state index in [4.69, 9.17) is 5.11 Å². The van der Waals surface area contributed by atoms with Gasteiger partial charge in [0.2, 0.25) is 0 Å². The van der Waals surface area contributed by atoms with Crippen molar-refractivity contribution in [1.82, 2.24) is 9.80 Å². The molecule has 1 fully saturated rings. The van der Waals surface area contributed by atoms with Crippen molar-refractivity contribution in [2.45, 2.75) is 31.7 Å². The molecule has 1 N–H and O–H groups in total. The van der Waals surface area contributed by atoms with E-state index in [0.717, 1.165) is 45.3 Å². The van der Waals surface area contributed by atoms with Gasteiger partial charge in [-0.15, -0.1) is 12.4 Å². The molecule has 0 amide bonds. The first-order valence-electron chi connectivity index (χ1n) is 7.83. The molecule has 2 rings (SSSR count). The second-order valence-electron chi connectivity index (χ2n) is 5.97. The van der Waals surface area contributed by atoms with Crippen molar-refractivity contribution in [2.75, 3.05) is 33.2 Å². The third-order valence-electron chi connectivity index (χ3n) is 4.36. The van der Waals surface area contributed by atoms with Gasteiger partial charge >= 0.3 is 5.97 Å². The molecule has 1 aromatic carbocycles. The van der Waals surface area contributed by atoms with Crippen LogP contribution in [0.3, 0.4) is 0 Å². The molecule has 1 saturated heterocycles. The number of benzene rings is 1. The van der Waals surface area contributed by atoms with Crippen LogP contribution in [-0.4, -0.2) is 60.1 Å². The Morgan fingerprint density at radius 2 is 2.00 bits per heavy atom. The lowest BCUT2D eigenvalue weighted by Gasteiger charge is -2.25. The van der Waals surface area contributed by atoms with Crippen molar-refractivity contribution in [3.63, 3.8) is 0 Å². The molecule has 1 unspecified atom stereocenters. The van der Waals surface area contributed by atoms with Gasteiger partial charge in [0.25, 0.3) is 0 Å². The number of likely N-dealkylation sites (N-methyl/N-ethyl adjacent to an activating group) is 1. The molecule has 1 heterocycles. The summed E-state index contributed by atoms with van der Waals surface area (Å²) in [6, 6.07) is 11.0. The van der Waals surface area contributed by atoms with E-state index in [1.807, 2.05) is 11.9 Å². The lowest BCUT2D eigenvalue weighted by molar-refractivity contribution is -0.138. The molecule has 1 aliphatic rings. The van der Waals surface area contributed by atoms with E-state index in [1.165, 1.54) is 5.56 Å². The standard InChI is InChI=1S/C17H26N2O2.ClH/c1-18(14-17(20)21)16-8-5-11-19(13-10-16)12-9-15-6-3-2-4-7-15;/h2-4,6-7,16H,5,8-14H2,1H3,(H,20,21);1H. The van der Waals surface area contributed by atoms with E-state index in [1.54, 1.807) is 0 Å². The number of halogens is 1. The predicted octanol–water partition coefficient (Wildman–Crippen LogP) is 2.52. The smallest absolute Gasteiger partial charge is 0.317 e. The minimum Gasteiger partial charge on any atom is -0.480 e. The quantitative estimate of drug-likeness (QED) is 0.872. The molecule has 0 radical (unpaired) electrons. The fourth-order valence-corrected chi connectivity index (χ4v) is 3.08. The molecular weight excluding hydrogens is 300 g/mol. The van der Waals surface area contributed by atoms with Gasteiger partial charge in [-0.25, -0.2) is 0 Å². The molecule has 0 aliphatic carbocycles. The van der Waals surface area contributed by atoms with Crippen LogP contribution < -0.4 is 0 Å². The third-order valence-corrected chi connectivity index (χ3v) is 4.36. The maximum Gasteiger partial charge on any atom is 0.317 e. The molecule has 0 saturated carbocycles.